The quantitative estimate of drug-likeness (QED) is 0.888. The molecule has 0 bridgehead atoms. The number of aromatic nitrogens is 2. The van der Waals surface area contributed by atoms with Crippen LogP contribution in [0.4, 0.5) is 5.69 Å². The zero-order valence-corrected chi connectivity index (χ0v) is 13.1. The summed E-state index contributed by atoms with van der Waals surface area (Å²) in [7, 11) is 7.77. The molecule has 1 aliphatic carbocycles. The molecule has 6 heteroatoms. The molecule has 1 aliphatic rings. The second kappa shape index (κ2) is 5.09. The zero-order chi connectivity index (χ0) is 15.1. The Hall–Kier alpha value is -1.56. The van der Waals surface area contributed by atoms with Crippen molar-refractivity contribution in [3.63, 3.8) is 0 Å². The third kappa shape index (κ3) is 2.28. The fourth-order valence-electron chi connectivity index (χ4n) is 2.95. The Kier molecular flexibility index (Phi) is 3.77. The number of amides is 1. The molecule has 1 heterocycles. The van der Waals surface area contributed by atoms with E-state index in [-0.39, 0.29) is 11.4 Å². The van der Waals surface area contributed by atoms with Crippen LogP contribution in [0.15, 0.2) is 0 Å². The van der Waals surface area contributed by atoms with Gasteiger partial charge in [0, 0.05) is 26.2 Å². The number of nitrogens with zero attached hydrogens (tertiary/aromatic N) is 4. The van der Waals surface area contributed by atoms with Crippen molar-refractivity contribution in [1.29, 1.82) is 0 Å². The number of carbonyl (C=O) groups is 1. The molecule has 0 atom stereocenters. The standard InChI is InChI=1S/C14H25N5O/c1-10-11(15)12(19(5)16-10)13(20)18(4)9-14(17(2)3)7-6-8-14/h6-9,15H2,1-5H3. The molecular weight excluding hydrogens is 254 g/mol. The Balaban J connectivity index is 2.17. The lowest BCUT2D eigenvalue weighted by atomic mass is 9.75. The van der Waals surface area contributed by atoms with Gasteiger partial charge < -0.3 is 15.5 Å². The predicted octanol–water partition coefficient (Wildman–Crippen LogP) is 0.867. The molecule has 2 rings (SSSR count). The van der Waals surface area contributed by atoms with Crippen molar-refractivity contribution in [2.24, 2.45) is 7.05 Å². The Morgan fingerprint density at radius 3 is 2.35 bits per heavy atom. The van der Waals surface area contributed by atoms with Crippen molar-refractivity contribution < 1.29 is 4.79 Å². The molecule has 0 spiro atoms. The molecule has 1 aromatic heterocycles. The largest absolute Gasteiger partial charge is 0.395 e. The van der Waals surface area contributed by atoms with Gasteiger partial charge in [0.15, 0.2) is 0 Å². The Morgan fingerprint density at radius 2 is 2.00 bits per heavy atom. The van der Waals surface area contributed by atoms with Gasteiger partial charge in [0.25, 0.3) is 5.91 Å². The van der Waals surface area contributed by atoms with Gasteiger partial charge in [0.05, 0.1) is 11.4 Å². The summed E-state index contributed by atoms with van der Waals surface area (Å²) in [4.78, 5) is 16.6. The topological polar surface area (TPSA) is 67.4 Å². The normalized spacial score (nSPS) is 17.1. The molecule has 1 fully saturated rings. The van der Waals surface area contributed by atoms with Crippen molar-refractivity contribution in [3.05, 3.63) is 11.4 Å². The van der Waals surface area contributed by atoms with Crippen molar-refractivity contribution in [2.45, 2.75) is 31.7 Å². The number of rotatable bonds is 4. The Morgan fingerprint density at radius 1 is 1.40 bits per heavy atom. The fourth-order valence-corrected chi connectivity index (χ4v) is 2.95. The van der Waals surface area contributed by atoms with Gasteiger partial charge in [-0.1, -0.05) is 0 Å². The van der Waals surface area contributed by atoms with E-state index >= 15 is 0 Å². The van der Waals surface area contributed by atoms with Crippen molar-refractivity contribution in [2.75, 3.05) is 33.4 Å². The highest BCUT2D eigenvalue weighted by Gasteiger charge is 2.41. The first-order valence-corrected chi connectivity index (χ1v) is 7.00. The first-order valence-electron chi connectivity index (χ1n) is 7.00. The van der Waals surface area contributed by atoms with Gasteiger partial charge in [0.1, 0.15) is 5.69 Å². The van der Waals surface area contributed by atoms with E-state index in [2.05, 4.69) is 24.1 Å². The van der Waals surface area contributed by atoms with Crippen LogP contribution in [0.1, 0.15) is 35.4 Å². The van der Waals surface area contributed by atoms with Gasteiger partial charge in [-0.2, -0.15) is 5.10 Å². The molecule has 1 saturated carbocycles. The molecule has 2 N–H and O–H groups in total. The Labute approximate surface area is 120 Å². The van der Waals surface area contributed by atoms with Crippen molar-refractivity contribution in [3.8, 4) is 0 Å². The third-order valence-corrected chi connectivity index (χ3v) is 4.58. The highest BCUT2D eigenvalue weighted by molar-refractivity contribution is 5.97. The molecular formula is C14H25N5O. The van der Waals surface area contributed by atoms with E-state index < -0.39 is 0 Å². The van der Waals surface area contributed by atoms with Gasteiger partial charge >= 0.3 is 0 Å². The average Bonchev–Trinajstić information content (AvgIpc) is 2.56. The zero-order valence-electron chi connectivity index (χ0n) is 13.1. The van der Waals surface area contributed by atoms with E-state index in [4.69, 9.17) is 5.73 Å². The summed E-state index contributed by atoms with van der Waals surface area (Å²) in [5.41, 5.74) is 7.76. The summed E-state index contributed by atoms with van der Waals surface area (Å²) in [6.07, 6.45) is 3.50. The van der Waals surface area contributed by atoms with E-state index in [9.17, 15) is 4.79 Å². The number of carbonyl (C=O) groups excluding carboxylic acids is 1. The van der Waals surface area contributed by atoms with E-state index in [0.29, 0.717) is 17.1 Å². The third-order valence-electron chi connectivity index (χ3n) is 4.58. The van der Waals surface area contributed by atoms with Crippen LogP contribution in [0.2, 0.25) is 0 Å². The molecule has 0 aromatic carbocycles. The maximum atomic E-state index is 12.6. The lowest BCUT2D eigenvalue weighted by Gasteiger charge is -2.49. The van der Waals surface area contributed by atoms with Crippen LogP contribution < -0.4 is 5.73 Å². The maximum Gasteiger partial charge on any atom is 0.274 e. The van der Waals surface area contributed by atoms with Crippen LogP contribution in [-0.4, -0.2) is 58.7 Å². The molecule has 0 saturated heterocycles. The predicted molar refractivity (Wildman–Crippen MR) is 79.6 cm³/mol. The van der Waals surface area contributed by atoms with Gasteiger partial charge in [0.2, 0.25) is 0 Å². The number of anilines is 1. The van der Waals surface area contributed by atoms with Gasteiger partial charge in [-0.15, -0.1) is 0 Å². The second-order valence-electron chi connectivity index (χ2n) is 6.10. The molecule has 1 aromatic rings. The first kappa shape index (κ1) is 14.8. The van der Waals surface area contributed by atoms with E-state index in [0.717, 1.165) is 19.4 Å². The second-order valence-corrected chi connectivity index (χ2v) is 6.10. The summed E-state index contributed by atoms with van der Waals surface area (Å²) in [6.45, 7) is 2.54. The number of nitrogens with two attached hydrogens (primary N) is 1. The van der Waals surface area contributed by atoms with Crippen LogP contribution in [0.25, 0.3) is 0 Å². The van der Waals surface area contributed by atoms with Gasteiger partial charge in [-0.3, -0.25) is 9.48 Å². The number of nitrogen functional groups attached to an aromatic ring is 1. The smallest absolute Gasteiger partial charge is 0.274 e. The van der Waals surface area contributed by atoms with Crippen LogP contribution in [0, 0.1) is 6.92 Å². The summed E-state index contributed by atoms with van der Waals surface area (Å²) in [6, 6.07) is 0. The van der Waals surface area contributed by atoms with E-state index in [1.807, 2.05) is 14.0 Å². The van der Waals surface area contributed by atoms with Gasteiger partial charge in [-0.05, 0) is 40.3 Å². The Bertz CT molecular complexity index is 516. The minimum Gasteiger partial charge on any atom is -0.395 e. The van der Waals surface area contributed by atoms with E-state index in [1.54, 1.807) is 16.6 Å². The van der Waals surface area contributed by atoms with Crippen molar-refractivity contribution in [1.82, 2.24) is 19.6 Å². The molecule has 6 nitrogen and oxygen atoms in total. The maximum absolute atomic E-state index is 12.6. The molecule has 20 heavy (non-hydrogen) atoms. The number of aryl methyl sites for hydroxylation is 2. The van der Waals surface area contributed by atoms with Crippen LogP contribution in [0.5, 0.6) is 0 Å². The molecule has 112 valence electrons. The summed E-state index contributed by atoms with van der Waals surface area (Å²) in [5.74, 6) is -0.0567. The van der Waals surface area contributed by atoms with E-state index in [1.165, 1.54) is 6.42 Å². The average molecular weight is 279 g/mol. The lowest BCUT2D eigenvalue weighted by molar-refractivity contribution is 0.0248. The number of hydrogen-bond donors (Lipinski definition) is 1. The minimum atomic E-state index is -0.0567. The molecule has 1 amide bonds. The van der Waals surface area contributed by atoms with Gasteiger partial charge in [-0.25, -0.2) is 0 Å². The fraction of sp³-hybridized carbons (Fsp3) is 0.714. The highest BCUT2D eigenvalue weighted by atomic mass is 16.2. The summed E-state index contributed by atoms with van der Waals surface area (Å²) < 4.78 is 1.58. The monoisotopic (exact) mass is 279 g/mol. The first-order chi connectivity index (χ1) is 9.28. The molecule has 0 aliphatic heterocycles. The van der Waals surface area contributed by atoms with Crippen LogP contribution in [0.3, 0.4) is 0 Å². The van der Waals surface area contributed by atoms with Crippen LogP contribution in [-0.2, 0) is 7.05 Å². The lowest BCUT2D eigenvalue weighted by Crippen LogP contribution is -2.57. The summed E-state index contributed by atoms with van der Waals surface area (Å²) >= 11 is 0. The highest BCUT2D eigenvalue weighted by Crippen LogP contribution is 2.37. The SMILES string of the molecule is Cc1nn(C)c(C(=O)N(C)CC2(N(C)C)CCC2)c1N. The van der Waals surface area contributed by atoms with Crippen molar-refractivity contribution >= 4 is 11.6 Å². The van der Waals surface area contributed by atoms with Crippen LogP contribution >= 0.6 is 0 Å². The molecule has 0 radical (unpaired) electrons. The number of hydrogen-bond acceptors (Lipinski definition) is 4. The molecule has 0 unspecified atom stereocenters. The minimum absolute atomic E-state index is 0.0567. The number of likely N-dealkylation sites (N-methyl/N-ethyl adjacent to an activating group) is 2. The summed E-state index contributed by atoms with van der Waals surface area (Å²) in [5, 5.41) is 4.21.